The molecule has 0 spiro atoms. The molecule has 0 unspecified atom stereocenters. The van der Waals surface area contributed by atoms with Crippen molar-refractivity contribution >= 4 is 12.4 Å². The van der Waals surface area contributed by atoms with E-state index >= 15 is 0 Å². The predicted molar refractivity (Wildman–Crippen MR) is 57.0 cm³/mol. The number of nitrogens with zero attached hydrogens (tertiary/aromatic N) is 1. The summed E-state index contributed by atoms with van der Waals surface area (Å²) in [5.41, 5.74) is -2.27. The molecular formula is C11H17F2NO3. The van der Waals surface area contributed by atoms with Gasteiger partial charge in [-0.15, -0.1) is 0 Å². The van der Waals surface area contributed by atoms with E-state index in [1.165, 1.54) is 6.92 Å². The Morgan fingerprint density at radius 3 is 2.35 bits per heavy atom. The fraction of sp³-hybridized carbons (Fsp3) is 0.818. The van der Waals surface area contributed by atoms with Crippen LogP contribution < -0.4 is 0 Å². The van der Waals surface area contributed by atoms with Crippen LogP contribution in [0.1, 0.15) is 34.1 Å². The van der Waals surface area contributed by atoms with Crippen LogP contribution in [-0.4, -0.2) is 40.9 Å². The van der Waals surface area contributed by atoms with Gasteiger partial charge in [-0.1, -0.05) is 0 Å². The van der Waals surface area contributed by atoms with Crippen molar-refractivity contribution in [1.82, 2.24) is 4.90 Å². The van der Waals surface area contributed by atoms with Gasteiger partial charge < -0.3 is 9.53 Å². The highest BCUT2D eigenvalue weighted by molar-refractivity contribution is 5.77. The van der Waals surface area contributed by atoms with E-state index in [4.69, 9.17) is 4.74 Å². The van der Waals surface area contributed by atoms with E-state index in [2.05, 4.69) is 0 Å². The van der Waals surface area contributed by atoms with Crippen LogP contribution in [-0.2, 0) is 9.53 Å². The second-order valence-corrected chi connectivity index (χ2v) is 5.57. The molecule has 1 rings (SSSR count). The number of halogens is 2. The highest BCUT2D eigenvalue weighted by Crippen LogP contribution is 2.38. The van der Waals surface area contributed by atoms with E-state index in [-0.39, 0.29) is 0 Å². The van der Waals surface area contributed by atoms with Gasteiger partial charge in [0, 0.05) is 6.42 Å². The molecule has 1 aliphatic heterocycles. The maximum atomic E-state index is 13.3. The van der Waals surface area contributed by atoms with Crippen molar-refractivity contribution in [3.05, 3.63) is 0 Å². The summed E-state index contributed by atoms with van der Waals surface area (Å²) in [6.45, 7) is 5.44. The van der Waals surface area contributed by atoms with Crippen LogP contribution >= 0.6 is 0 Å². The van der Waals surface area contributed by atoms with E-state index in [1.807, 2.05) is 0 Å². The lowest BCUT2D eigenvalue weighted by Crippen LogP contribution is -2.48. The zero-order valence-corrected chi connectivity index (χ0v) is 10.4. The second-order valence-electron chi connectivity index (χ2n) is 5.57. The normalized spacial score (nSPS) is 28.0. The van der Waals surface area contributed by atoms with Crippen LogP contribution in [0.5, 0.6) is 0 Å². The van der Waals surface area contributed by atoms with Crippen LogP contribution in [0.3, 0.4) is 0 Å². The van der Waals surface area contributed by atoms with Gasteiger partial charge in [0.05, 0.1) is 6.54 Å². The third kappa shape index (κ3) is 3.14. The van der Waals surface area contributed by atoms with Crippen molar-refractivity contribution in [2.45, 2.75) is 51.2 Å². The van der Waals surface area contributed by atoms with Crippen molar-refractivity contribution in [2.75, 3.05) is 6.54 Å². The van der Waals surface area contributed by atoms with Gasteiger partial charge in [0.1, 0.15) is 17.4 Å². The number of hydrogen-bond acceptors (Lipinski definition) is 3. The molecule has 98 valence electrons. The fourth-order valence-corrected chi connectivity index (χ4v) is 1.78. The topological polar surface area (TPSA) is 46.6 Å². The summed E-state index contributed by atoms with van der Waals surface area (Å²) in [6.07, 6.45) is -1.18. The zero-order valence-electron chi connectivity index (χ0n) is 10.4. The number of carbonyl (C=O) groups excluding carboxylic acids is 2. The third-order valence-electron chi connectivity index (χ3n) is 2.49. The van der Waals surface area contributed by atoms with Crippen molar-refractivity contribution < 1.29 is 23.1 Å². The lowest BCUT2D eigenvalue weighted by Gasteiger charge is -2.31. The summed E-state index contributed by atoms with van der Waals surface area (Å²) in [7, 11) is 0. The van der Waals surface area contributed by atoms with Gasteiger partial charge in [-0.05, 0) is 27.7 Å². The minimum atomic E-state index is -3.05. The van der Waals surface area contributed by atoms with Gasteiger partial charge in [0.2, 0.25) is 0 Å². The summed E-state index contributed by atoms with van der Waals surface area (Å²) in [5, 5.41) is 0. The minimum absolute atomic E-state index is 0.373. The smallest absolute Gasteiger partial charge is 0.411 e. The Kier molecular flexibility index (Phi) is 3.20. The number of amides is 1. The Morgan fingerprint density at radius 2 is 1.94 bits per heavy atom. The summed E-state index contributed by atoms with van der Waals surface area (Å²) in [6, 6.07) is 0. The Balaban J connectivity index is 2.89. The molecule has 0 bridgehead atoms. The number of rotatable bonds is 1. The molecule has 1 fully saturated rings. The number of hydrogen-bond donors (Lipinski definition) is 0. The number of carbonyl (C=O) groups is 2. The molecule has 1 heterocycles. The maximum Gasteiger partial charge on any atom is 0.411 e. The standard InChI is InChI=1S/C11H17F2NO3/c1-9(2,3)17-8(16)14-6-11(12,13)5-10(14,4)7-15/h7H,5-6H2,1-4H3/t10-/m0/s1. The molecule has 0 aromatic heterocycles. The predicted octanol–water partition coefficient (Wildman–Crippen LogP) is 2.22. The van der Waals surface area contributed by atoms with Crippen molar-refractivity contribution in [2.24, 2.45) is 0 Å². The number of ether oxygens (including phenoxy) is 1. The first kappa shape index (κ1) is 13.9. The van der Waals surface area contributed by atoms with E-state index in [1.54, 1.807) is 20.8 Å². The van der Waals surface area contributed by atoms with E-state index in [9.17, 15) is 18.4 Å². The van der Waals surface area contributed by atoms with Gasteiger partial charge in [-0.25, -0.2) is 13.6 Å². The van der Waals surface area contributed by atoms with Gasteiger partial charge in [-0.2, -0.15) is 0 Å². The number of likely N-dealkylation sites (tertiary alicyclic amines) is 1. The van der Waals surface area contributed by atoms with Crippen LogP contribution in [0.2, 0.25) is 0 Å². The molecule has 17 heavy (non-hydrogen) atoms. The van der Waals surface area contributed by atoms with Crippen LogP contribution in [0, 0.1) is 0 Å². The molecular weight excluding hydrogens is 232 g/mol. The molecule has 1 saturated heterocycles. The van der Waals surface area contributed by atoms with Gasteiger partial charge in [0.25, 0.3) is 5.92 Å². The van der Waals surface area contributed by atoms with E-state index in [0.29, 0.717) is 6.29 Å². The Morgan fingerprint density at radius 1 is 1.41 bits per heavy atom. The largest absolute Gasteiger partial charge is 0.444 e. The lowest BCUT2D eigenvalue weighted by molar-refractivity contribution is -0.116. The highest BCUT2D eigenvalue weighted by atomic mass is 19.3. The Bertz CT molecular complexity index is 338. The Labute approximate surface area is 98.9 Å². The van der Waals surface area contributed by atoms with Crippen molar-refractivity contribution in [1.29, 1.82) is 0 Å². The molecule has 0 N–H and O–H groups in total. The van der Waals surface area contributed by atoms with Crippen molar-refractivity contribution in [3.63, 3.8) is 0 Å². The lowest BCUT2D eigenvalue weighted by atomic mass is 10.0. The molecule has 0 aromatic rings. The number of aldehydes is 1. The maximum absolute atomic E-state index is 13.3. The van der Waals surface area contributed by atoms with Crippen LogP contribution in [0.4, 0.5) is 13.6 Å². The summed E-state index contributed by atoms with van der Waals surface area (Å²) >= 11 is 0. The quantitative estimate of drug-likeness (QED) is 0.669. The van der Waals surface area contributed by atoms with Gasteiger partial charge in [-0.3, -0.25) is 4.90 Å². The van der Waals surface area contributed by atoms with Gasteiger partial charge in [0.15, 0.2) is 0 Å². The average Bonchev–Trinajstić information content (AvgIpc) is 2.34. The molecule has 1 aliphatic rings. The monoisotopic (exact) mass is 249 g/mol. The Hall–Kier alpha value is -1.20. The molecule has 6 heteroatoms. The second kappa shape index (κ2) is 3.92. The van der Waals surface area contributed by atoms with Crippen molar-refractivity contribution in [3.8, 4) is 0 Å². The zero-order chi connectivity index (χ0) is 13.5. The fourth-order valence-electron chi connectivity index (χ4n) is 1.78. The molecule has 0 aromatic carbocycles. The molecule has 1 amide bonds. The van der Waals surface area contributed by atoms with E-state index < -0.39 is 36.1 Å². The minimum Gasteiger partial charge on any atom is -0.444 e. The van der Waals surface area contributed by atoms with E-state index in [0.717, 1.165) is 4.90 Å². The molecule has 4 nitrogen and oxygen atoms in total. The highest BCUT2D eigenvalue weighted by Gasteiger charge is 2.55. The first-order chi connectivity index (χ1) is 7.49. The first-order valence-corrected chi connectivity index (χ1v) is 5.34. The van der Waals surface area contributed by atoms with Gasteiger partial charge >= 0.3 is 6.09 Å². The molecule has 0 aliphatic carbocycles. The molecule has 0 saturated carbocycles. The SMILES string of the molecule is CC(C)(C)OC(=O)N1CC(F)(F)C[C@@]1(C)C=O. The summed E-state index contributed by atoms with van der Waals surface area (Å²) in [5.74, 6) is -3.05. The number of alkyl halides is 2. The van der Waals surface area contributed by atoms with Crippen LogP contribution in [0.15, 0.2) is 0 Å². The molecule has 0 radical (unpaired) electrons. The third-order valence-corrected chi connectivity index (χ3v) is 2.49. The summed E-state index contributed by atoms with van der Waals surface area (Å²) < 4.78 is 31.5. The average molecular weight is 249 g/mol. The van der Waals surface area contributed by atoms with Crippen LogP contribution in [0.25, 0.3) is 0 Å². The molecule has 1 atom stereocenters. The first-order valence-electron chi connectivity index (χ1n) is 5.34. The summed E-state index contributed by atoms with van der Waals surface area (Å²) in [4.78, 5) is 23.4.